The number of aliphatic hydroxyl groups is 1. The second kappa shape index (κ2) is 15.1. The second-order valence-electron chi connectivity index (χ2n) is 13.1. The molecule has 1 saturated heterocycles. The quantitative estimate of drug-likeness (QED) is 0.434. The monoisotopic (exact) mass is 599 g/mol. The number of ether oxygens (including phenoxy) is 6. The molecule has 1 fully saturated rings. The Morgan fingerprint density at radius 3 is 2.14 bits per heavy atom. The summed E-state index contributed by atoms with van der Waals surface area (Å²) in [6, 6.07) is 0.0468. The van der Waals surface area contributed by atoms with Crippen molar-refractivity contribution >= 4 is 11.8 Å². The largest absolute Gasteiger partial charge is 0.459 e. The van der Waals surface area contributed by atoms with E-state index in [0.29, 0.717) is 18.4 Å². The Bertz CT molecular complexity index is 937. The fourth-order valence-electron chi connectivity index (χ4n) is 6.92. The molecule has 2 rings (SSSR count). The maximum Gasteiger partial charge on any atom is 0.311 e. The minimum absolute atomic E-state index is 0.0468. The Morgan fingerprint density at radius 1 is 1.05 bits per heavy atom. The van der Waals surface area contributed by atoms with Crippen molar-refractivity contribution in [2.75, 3.05) is 35.4 Å². The van der Waals surface area contributed by atoms with Gasteiger partial charge >= 0.3 is 5.97 Å². The molecule has 0 aliphatic carbocycles. The van der Waals surface area contributed by atoms with Crippen molar-refractivity contribution in [1.29, 1.82) is 0 Å². The minimum Gasteiger partial charge on any atom is -0.459 e. The van der Waals surface area contributed by atoms with Crippen molar-refractivity contribution in [2.24, 2.45) is 17.8 Å². The summed E-state index contributed by atoms with van der Waals surface area (Å²) >= 11 is 0. The third kappa shape index (κ3) is 8.20. The van der Waals surface area contributed by atoms with Crippen molar-refractivity contribution in [3.8, 4) is 0 Å². The van der Waals surface area contributed by atoms with E-state index in [4.69, 9.17) is 28.4 Å². The molecule has 0 radical (unpaired) electrons. The summed E-state index contributed by atoms with van der Waals surface area (Å²) in [6.07, 6.45) is -0.428. The van der Waals surface area contributed by atoms with Gasteiger partial charge in [-0.1, -0.05) is 20.8 Å². The molecule has 244 valence electrons. The van der Waals surface area contributed by atoms with Crippen LogP contribution in [0.4, 0.5) is 0 Å². The maximum atomic E-state index is 13.6. The molecule has 0 aromatic rings. The number of ketones is 1. The first-order chi connectivity index (χ1) is 19.5. The lowest BCUT2D eigenvalue weighted by atomic mass is 9.76. The van der Waals surface area contributed by atoms with Gasteiger partial charge in [0.05, 0.1) is 29.8 Å². The predicted molar refractivity (Wildman–Crippen MR) is 160 cm³/mol. The number of carbonyl (C=O) groups excluding carboxylic acids is 2. The van der Waals surface area contributed by atoms with E-state index < -0.39 is 65.6 Å². The first kappa shape index (κ1) is 36.8. The number of nitrogens with zero attached hydrogens (tertiary/aromatic N) is 1. The number of hydrogen-bond donors (Lipinski definition) is 1. The second-order valence-corrected chi connectivity index (χ2v) is 13.1. The number of carbonyl (C=O) groups is 2. The van der Waals surface area contributed by atoms with Crippen LogP contribution in [0.3, 0.4) is 0 Å². The van der Waals surface area contributed by atoms with Gasteiger partial charge in [-0.2, -0.15) is 0 Å². The Labute approximate surface area is 253 Å². The summed E-state index contributed by atoms with van der Waals surface area (Å²) in [5.41, 5.74) is -2.14. The predicted octanol–water partition coefficient (Wildman–Crippen LogP) is 3.77. The molecular formula is C32H57NO9. The van der Waals surface area contributed by atoms with Gasteiger partial charge < -0.3 is 38.4 Å². The molecule has 4 unspecified atom stereocenters. The van der Waals surface area contributed by atoms with E-state index in [1.807, 2.05) is 48.7 Å². The molecule has 0 saturated carbocycles. The van der Waals surface area contributed by atoms with E-state index in [-0.39, 0.29) is 17.9 Å². The fraction of sp³-hybridized carbons (Fsp3) is 0.875. The number of allylic oxidation sites excluding steroid dienone is 1. The molecule has 2 aliphatic heterocycles. The molecular weight excluding hydrogens is 542 g/mol. The van der Waals surface area contributed by atoms with Crippen LogP contribution in [-0.4, -0.2) is 111 Å². The molecule has 0 amide bonds. The number of rotatable bonds is 7. The van der Waals surface area contributed by atoms with Crippen molar-refractivity contribution < 1.29 is 43.1 Å². The van der Waals surface area contributed by atoms with Crippen molar-refractivity contribution in [2.45, 2.75) is 129 Å². The smallest absolute Gasteiger partial charge is 0.311 e. The van der Waals surface area contributed by atoms with Gasteiger partial charge in [0, 0.05) is 39.2 Å². The summed E-state index contributed by atoms with van der Waals surface area (Å²) in [7, 11) is 8.82. The summed E-state index contributed by atoms with van der Waals surface area (Å²) in [5.74, 6) is -2.23. The molecule has 0 bridgehead atoms. The zero-order valence-corrected chi connectivity index (χ0v) is 28.1. The van der Waals surface area contributed by atoms with E-state index in [1.54, 1.807) is 42.1 Å². The van der Waals surface area contributed by atoms with Gasteiger partial charge in [0.2, 0.25) is 0 Å². The molecule has 10 heteroatoms. The van der Waals surface area contributed by atoms with Crippen molar-refractivity contribution in [1.82, 2.24) is 4.90 Å². The van der Waals surface area contributed by atoms with Crippen molar-refractivity contribution in [3.05, 3.63) is 11.6 Å². The number of likely N-dealkylation sites (N-methyl/N-ethyl adjacent to an activating group) is 1. The van der Waals surface area contributed by atoms with E-state index in [0.717, 1.165) is 6.42 Å². The average Bonchev–Trinajstić information content (AvgIpc) is 2.92. The van der Waals surface area contributed by atoms with Gasteiger partial charge in [-0.05, 0) is 79.6 Å². The molecule has 0 aromatic carbocycles. The van der Waals surface area contributed by atoms with Crippen LogP contribution in [0.1, 0.15) is 74.7 Å². The van der Waals surface area contributed by atoms with Gasteiger partial charge in [-0.3, -0.25) is 9.59 Å². The Balaban J connectivity index is 2.68. The topological polar surface area (TPSA) is 113 Å². The van der Waals surface area contributed by atoms with Crippen LogP contribution >= 0.6 is 0 Å². The van der Waals surface area contributed by atoms with Gasteiger partial charge in [-0.15, -0.1) is 0 Å². The number of methoxy groups -OCH3 is 3. The van der Waals surface area contributed by atoms with E-state index in [2.05, 4.69) is 4.90 Å². The molecule has 2 heterocycles. The summed E-state index contributed by atoms with van der Waals surface area (Å²) in [4.78, 5) is 29.2. The first-order valence-electron chi connectivity index (χ1n) is 15.2. The Hall–Kier alpha value is -1.40. The highest BCUT2D eigenvalue weighted by Crippen LogP contribution is 2.39. The van der Waals surface area contributed by atoms with Crippen molar-refractivity contribution in [3.63, 3.8) is 0 Å². The number of esters is 1. The highest BCUT2D eigenvalue weighted by atomic mass is 16.7. The lowest BCUT2D eigenvalue weighted by Crippen LogP contribution is -2.60. The highest BCUT2D eigenvalue weighted by Gasteiger charge is 2.50. The van der Waals surface area contributed by atoms with E-state index in [9.17, 15) is 14.7 Å². The van der Waals surface area contributed by atoms with Crippen LogP contribution in [-0.2, 0) is 38.0 Å². The fourth-order valence-corrected chi connectivity index (χ4v) is 6.92. The number of Topliss-reactive ketones (excluding diaryl/α,β-unsaturated/α-hetero) is 1. The zero-order chi connectivity index (χ0) is 32.2. The number of cyclic esters (lactones) is 1. The van der Waals surface area contributed by atoms with Gasteiger partial charge in [0.1, 0.15) is 17.8 Å². The van der Waals surface area contributed by atoms with E-state index in [1.165, 1.54) is 6.08 Å². The molecule has 0 spiro atoms. The van der Waals surface area contributed by atoms with Crippen LogP contribution in [0, 0.1) is 17.8 Å². The summed E-state index contributed by atoms with van der Waals surface area (Å²) in [5, 5.41) is 11.3. The Kier molecular flexibility index (Phi) is 13.2. The Morgan fingerprint density at radius 2 is 1.64 bits per heavy atom. The normalized spacial score (nSPS) is 43.1. The van der Waals surface area contributed by atoms with Gasteiger partial charge in [-0.25, -0.2) is 0 Å². The van der Waals surface area contributed by atoms with Gasteiger partial charge in [0.25, 0.3) is 0 Å². The molecule has 42 heavy (non-hydrogen) atoms. The van der Waals surface area contributed by atoms with Crippen LogP contribution < -0.4 is 0 Å². The average molecular weight is 600 g/mol. The summed E-state index contributed by atoms with van der Waals surface area (Å²) < 4.78 is 37.2. The van der Waals surface area contributed by atoms with Crippen LogP contribution in [0.5, 0.6) is 0 Å². The first-order valence-corrected chi connectivity index (χ1v) is 15.2. The van der Waals surface area contributed by atoms with Crippen LogP contribution in [0.15, 0.2) is 11.6 Å². The maximum absolute atomic E-state index is 13.6. The molecule has 12 atom stereocenters. The molecule has 0 aromatic heterocycles. The van der Waals surface area contributed by atoms with Crippen LogP contribution in [0.25, 0.3) is 0 Å². The third-order valence-corrected chi connectivity index (χ3v) is 9.34. The standard InChI is InChI=1S/C32H57NO9/c1-14-24-31(7,36)16-18(2)25(34)19(3)17-32(8,39-13)28(21(5)26(37-11)22(6)29(35)41-24)42-30-27(38-12)23(33(9)10)15-20(4)40-30/h16,19-24,26-28,30,36H,14-15,17H2,1-13H3/t19-,20?,21+,22-,23?,24-,26+,27?,28-,30?,31+,32-/m1/s1. The molecule has 10 nitrogen and oxygen atoms in total. The van der Waals surface area contributed by atoms with E-state index >= 15 is 0 Å². The number of hydrogen-bond acceptors (Lipinski definition) is 10. The molecule has 2 aliphatic rings. The summed E-state index contributed by atoms with van der Waals surface area (Å²) in [6.45, 7) is 14.6. The minimum atomic E-state index is -1.54. The van der Waals surface area contributed by atoms with Gasteiger partial charge in [0.15, 0.2) is 12.1 Å². The zero-order valence-electron chi connectivity index (χ0n) is 28.1. The SMILES string of the molecule is CC[C@H]1OC(=O)[C@H](C)[C@@H](OC)[C@H](C)[C@@H](OC2OC(C)CC(N(C)C)C2OC)[C@](C)(OC)C[C@@H](C)C(=O)C(C)=C[C@]1(C)O. The molecule has 1 N–H and O–H groups in total. The lowest BCUT2D eigenvalue weighted by Gasteiger charge is -2.48. The third-order valence-electron chi connectivity index (χ3n) is 9.34. The highest BCUT2D eigenvalue weighted by molar-refractivity contribution is 5.96. The van der Waals surface area contributed by atoms with Crippen LogP contribution in [0.2, 0.25) is 0 Å². The lowest BCUT2D eigenvalue weighted by molar-refractivity contribution is -0.305.